The van der Waals surface area contributed by atoms with Crippen LogP contribution in [0.5, 0.6) is 11.5 Å². The van der Waals surface area contributed by atoms with E-state index in [2.05, 4.69) is 24.0 Å². The molecule has 0 radical (unpaired) electrons. The summed E-state index contributed by atoms with van der Waals surface area (Å²) in [5.41, 5.74) is 2.27. The third-order valence-electron chi connectivity index (χ3n) is 4.25. The molecule has 4 heteroatoms. The molecular formula is C22H25NO2S. The van der Waals surface area contributed by atoms with Gasteiger partial charge in [-0.3, -0.25) is 0 Å². The first-order valence-corrected chi connectivity index (χ1v) is 9.95. The Kier molecular flexibility index (Phi) is 6.67. The van der Waals surface area contributed by atoms with Crippen molar-refractivity contribution in [2.75, 3.05) is 13.7 Å². The van der Waals surface area contributed by atoms with E-state index in [1.54, 1.807) is 18.4 Å². The highest BCUT2D eigenvalue weighted by Gasteiger charge is 2.07. The van der Waals surface area contributed by atoms with E-state index in [9.17, 15) is 0 Å². The number of hydrogen-bond acceptors (Lipinski definition) is 4. The van der Waals surface area contributed by atoms with E-state index in [1.165, 1.54) is 24.8 Å². The maximum atomic E-state index is 5.82. The van der Waals surface area contributed by atoms with Gasteiger partial charge in [0.15, 0.2) is 0 Å². The number of rotatable bonds is 9. The molecule has 0 saturated carbocycles. The highest BCUT2D eigenvalue weighted by molar-refractivity contribution is 7.18. The van der Waals surface area contributed by atoms with Crippen molar-refractivity contribution in [2.24, 2.45) is 0 Å². The Bertz CT molecular complexity index is 794. The van der Waals surface area contributed by atoms with Crippen molar-refractivity contribution in [1.29, 1.82) is 0 Å². The number of methoxy groups -OCH3 is 1. The third kappa shape index (κ3) is 4.85. The molecule has 0 aliphatic rings. The van der Waals surface area contributed by atoms with Gasteiger partial charge in [-0.05, 0) is 60.5 Å². The van der Waals surface area contributed by atoms with Crippen molar-refractivity contribution in [3.63, 3.8) is 0 Å². The second-order valence-electron chi connectivity index (χ2n) is 6.19. The zero-order valence-electron chi connectivity index (χ0n) is 15.4. The molecule has 0 aliphatic heterocycles. The van der Waals surface area contributed by atoms with Gasteiger partial charge in [0.05, 0.1) is 18.6 Å². The van der Waals surface area contributed by atoms with Gasteiger partial charge in [-0.1, -0.05) is 26.2 Å². The number of unbranched alkanes of at least 4 members (excludes halogenated alkanes) is 3. The van der Waals surface area contributed by atoms with Crippen molar-refractivity contribution >= 4 is 11.3 Å². The van der Waals surface area contributed by atoms with Gasteiger partial charge in [0.2, 0.25) is 0 Å². The molecule has 0 fully saturated rings. The average Bonchev–Trinajstić information content (AvgIpc) is 3.18. The van der Waals surface area contributed by atoms with Crippen LogP contribution >= 0.6 is 11.3 Å². The molecule has 1 aromatic heterocycles. The lowest BCUT2D eigenvalue weighted by Gasteiger charge is -2.06. The lowest BCUT2D eigenvalue weighted by molar-refractivity contribution is 0.305. The molecule has 0 bridgehead atoms. The molecule has 3 rings (SSSR count). The lowest BCUT2D eigenvalue weighted by atomic mass is 10.2. The first-order chi connectivity index (χ1) is 12.8. The van der Waals surface area contributed by atoms with Crippen molar-refractivity contribution in [3.05, 3.63) is 54.7 Å². The van der Waals surface area contributed by atoms with Gasteiger partial charge >= 0.3 is 0 Å². The van der Waals surface area contributed by atoms with Crippen molar-refractivity contribution in [3.8, 4) is 32.5 Å². The Morgan fingerprint density at radius 1 is 0.846 bits per heavy atom. The minimum absolute atomic E-state index is 0.793. The molecule has 0 amide bonds. The van der Waals surface area contributed by atoms with Crippen LogP contribution in [0.25, 0.3) is 21.0 Å². The lowest BCUT2D eigenvalue weighted by Crippen LogP contribution is -1.96. The second kappa shape index (κ2) is 9.39. The summed E-state index contributed by atoms with van der Waals surface area (Å²) >= 11 is 1.69. The van der Waals surface area contributed by atoms with Gasteiger partial charge in [-0.2, -0.15) is 0 Å². The molecule has 0 unspecified atom stereocenters. The standard InChI is InChI=1S/C22H25NO2S/c1-3-4-5-6-15-25-20-13-7-17(8-14-20)21-16-23-22(26-21)18-9-11-19(24-2)12-10-18/h7-14,16H,3-6,15H2,1-2H3. The highest BCUT2D eigenvalue weighted by Crippen LogP contribution is 2.33. The van der Waals surface area contributed by atoms with Gasteiger partial charge < -0.3 is 9.47 Å². The van der Waals surface area contributed by atoms with Crippen LogP contribution in [0.3, 0.4) is 0 Å². The quantitative estimate of drug-likeness (QED) is 0.408. The topological polar surface area (TPSA) is 31.4 Å². The van der Waals surface area contributed by atoms with Crippen molar-refractivity contribution in [2.45, 2.75) is 32.6 Å². The Balaban J connectivity index is 1.61. The van der Waals surface area contributed by atoms with E-state index in [1.807, 2.05) is 42.6 Å². The van der Waals surface area contributed by atoms with Crippen molar-refractivity contribution < 1.29 is 9.47 Å². The van der Waals surface area contributed by atoms with Crippen molar-refractivity contribution in [1.82, 2.24) is 4.98 Å². The largest absolute Gasteiger partial charge is 0.497 e. The summed E-state index contributed by atoms with van der Waals surface area (Å²) in [6, 6.07) is 16.3. The minimum atomic E-state index is 0.793. The van der Waals surface area contributed by atoms with E-state index < -0.39 is 0 Å². The van der Waals surface area contributed by atoms with E-state index in [-0.39, 0.29) is 0 Å². The summed E-state index contributed by atoms with van der Waals surface area (Å²) in [5.74, 6) is 1.79. The number of nitrogens with zero attached hydrogens (tertiary/aromatic N) is 1. The van der Waals surface area contributed by atoms with E-state index in [4.69, 9.17) is 9.47 Å². The molecule has 0 atom stereocenters. The fraction of sp³-hybridized carbons (Fsp3) is 0.318. The van der Waals surface area contributed by atoms with Crippen LogP contribution in [0.2, 0.25) is 0 Å². The van der Waals surface area contributed by atoms with Gasteiger partial charge in [-0.15, -0.1) is 11.3 Å². The van der Waals surface area contributed by atoms with E-state index in [0.29, 0.717) is 0 Å². The zero-order chi connectivity index (χ0) is 18.2. The van der Waals surface area contributed by atoms with Gasteiger partial charge in [0, 0.05) is 11.8 Å². The van der Waals surface area contributed by atoms with Crippen LogP contribution < -0.4 is 9.47 Å². The molecule has 3 aromatic rings. The maximum Gasteiger partial charge on any atom is 0.123 e. The highest BCUT2D eigenvalue weighted by atomic mass is 32.1. The summed E-state index contributed by atoms with van der Waals surface area (Å²) in [6.45, 7) is 3.01. The molecule has 0 aliphatic carbocycles. The minimum Gasteiger partial charge on any atom is -0.497 e. The molecule has 1 heterocycles. The average molecular weight is 368 g/mol. The molecule has 26 heavy (non-hydrogen) atoms. The van der Waals surface area contributed by atoms with E-state index >= 15 is 0 Å². The fourth-order valence-corrected chi connectivity index (χ4v) is 3.64. The number of aromatic nitrogens is 1. The fourth-order valence-electron chi connectivity index (χ4n) is 2.71. The molecule has 2 aromatic carbocycles. The number of thiazole rings is 1. The summed E-state index contributed by atoms with van der Waals surface area (Å²) in [4.78, 5) is 5.72. The Morgan fingerprint density at radius 2 is 1.54 bits per heavy atom. The van der Waals surface area contributed by atoms with Crippen LogP contribution in [0.4, 0.5) is 0 Å². The molecule has 0 saturated heterocycles. The SMILES string of the molecule is CCCCCCOc1ccc(-c2cnc(-c3ccc(OC)cc3)s2)cc1. The van der Waals surface area contributed by atoms with Crippen LogP contribution in [-0.2, 0) is 0 Å². The summed E-state index contributed by atoms with van der Waals surface area (Å²) < 4.78 is 11.0. The molecular weight excluding hydrogens is 342 g/mol. The number of ether oxygens (including phenoxy) is 2. The van der Waals surface area contributed by atoms with Crippen LogP contribution in [0, 0.1) is 0 Å². The molecule has 0 N–H and O–H groups in total. The third-order valence-corrected chi connectivity index (χ3v) is 5.34. The Hall–Kier alpha value is -2.33. The van der Waals surface area contributed by atoms with Crippen LogP contribution in [0.15, 0.2) is 54.7 Å². The van der Waals surface area contributed by atoms with Gasteiger partial charge in [0.25, 0.3) is 0 Å². The van der Waals surface area contributed by atoms with Gasteiger partial charge in [0.1, 0.15) is 16.5 Å². The summed E-state index contributed by atoms with van der Waals surface area (Å²) in [7, 11) is 1.68. The Morgan fingerprint density at radius 3 is 2.23 bits per heavy atom. The summed E-state index contributed by atoms with van der Waals surface area (Å²) in [5, 5.41) is 1.01. The molecule has 3 nitrogen and oxygen atoms in total. The van der Waals surface area contributed by atoms with E-state index in [0.717, 1.165) is 40.0 Å². The molecule has 0 spiro atoms. The monoisotopic (exact) mass is 367 g/mol. The number of hydrogen-bond donors (Lipinski definition) is 0. The summed E-state index contributed by atoms with van der Waals surface area (Å²) in [6.07, 6.45) is 6.83. The smallest absolute Gasteiger partial charge is 0.123 e. The zero-order valence-corrected chi connectivity index (χ0v) is 16.2. The van der Waals surface area contributed by atoms with Crippen LogP contribution in [0.1, 0.15) is 32.6 Å². The first-order valence-electron chi connectivity index (χ1n) is 9.13. The predicted molar refractivity (Wildman–Crippen MR) is 109 cm³/mol. The predicted octanol–water partition coefficient (Wildman–Crippen LogP) is 6.44. The second-order valence-corrected chi connectivity index (χ2v) is 7.22. The first kappa shape index (κ1) is 18.5. The van der Waals surface area contributed by atoms with Gasteiger partial charge in [-0.25, -0.2) is 4.98 Å². The normalized spacial score (nSPS) is 10.7. The number of benzene rings is 2. The Labute approximate surface area is 159 Å². The molecule has 136 valence electrons. The van der Waals surface area contributed by atoms with Crippen LogP contribution in [-0.4, -0.2) is 18.7 Å². The maximum absolute atomic E-state index is 5.82.